The lowest BCUT2D eigenvalue weighted by Crippen LogP contribution is -2.50. The minimum atomic E-state index is -3.58. The number of allylic oxidation sites excluding steroid dienone is 1. The smallest absolute Gasteiger partial charge is 0.246 e. The molecule has 0 atom stereocenters. The Kier molecular flexibility index (Phi) is 6.71. The molecular weight excluding hydrogens is 388 g/mol. The van der Waals surface area contributed by atoms with E-state index in [0.29, 0.717) is 25.4 Å². The fourth-order valence-corrected chi connectivity index (χ4v) is 4.66. The number of nitrogens with zero attached hydrogens (tertiary/aromatic N) is 2. The maximum atomic E-state index is 12.9. The molecule has 0 bridgehead atoms. The van der Waals surface area contributed by atoms with Crippen molar-refractivity contribution in [2.45, 2.75) is 18.7 Å². The fraction of sp³-hybridized carbons (Fsp3) is 0.318. The normalized spacial score (nSPS) is 15.9. The molecule has 0 unspecified atom stereocenters. The molecule has 1 saturated heterocycles. The van der Waals surface area contributed by atoms with Crippen LogP contribution in [0.3, 0.4) is 0 Å². The molecule has 2 aromatic carbocycles. The molecule has 1 amide bonds. The molecule has 0 N–H and O–H groups in total. The Hall–Kier alpha value is -2.64. The Labute approximate surface area is 172 Å². The van der Waals surface area contributed by atoms with E-state index in [-0.39, 0.29) is 23.9 Å². The van der Waals surface area contributed by atoms with Gasteiger partial charge in [-0.2, -0.15) is 4.31 Å². The molecule has 3 rings (SSSR count). The average molecular weight is 415 g/mol. The largest absolute Gasteiger partial charge is 0.494 e. The number of rotatable bonds is 6. The third-order valence-corrected chi connectivity index (χ3v) is 6.80. The first kappa shape index (κ1) is 21.1. The van der Waals surface area contributed by atoms with Crippen LogP contribution >= 0.6 is 0 Å². The van der Waals surface area contributed by atoms with Crippen molar-refractivity contribution in [3.05, 3.63) is 66.2 Å². The quantitative estimate of drug-likeness (QED) is 0.682. The van der Waals surface area contributed by atoms with Gasteiger partial charge in [0, 0.05) is 32.3 Å². The molecule has 1 aliphatic rings. The predicted molar refractivity (Wildman–Crippen MR) is 113 cm³/mol. The second-order valence-corrected chi connectivity index (χ2v) is 8.77. The van der Waals surface area contributed by atoms with Crippen LogP contribution in [0.5, 0.6) is 5.75 Å². The number of sulfonamides is 1. The van der Waals surface area contributed by atoms with Crippen molar-refractivity contribution < 1.29 is 17.9 Å². The van der Waals surface area contributed by atoms with Crippen molar-refractivity contribution in [3.63, 3.8) is 0 Å². The van der Waals surface area contributed by atoms with Crippen molar-refractivity contribution in [2.75, 3.05) is 32.8 Å². The third-order valence-electron chi connectivity index (χ3n) is 4.89. The Morgan fingerprint density at radius 1 is 1.00 bits per heavy atom. The first-order chi connectivity index (χ1) is 13.9. The molecule has 0 aromatic heterocycles. The summed E-state index contributed by atoms with van der Waals surface area (Å²) in [6.07, 6.45) is 1.62. The Balaban J connectivity index is 1.62. The summed E-state index contributed by atoms with van der Waals surface area (Å²) in [5.74, 6) is 0.548. The monoisotopic (exact) mass is 414 g/mol. The summed E-state index contributed by atoms with van der Waals surface area (Å²) in [4.78, 5) is 14.5. The Bertz CT molecular complexity index is 962. The third kappa shape index (κ3) is 5.05. The lowest BCUT2D eigenvalue weighted by molar-refractivity contribution is -0.127. The topological polar surface area (TPSA) is 66.9 Å². The van der Waals surface area contributed by atoms with Crippen molar-refractivity contribution in [3.8, 4) is 5.75 Å². The maximum Gasteiger partial charge on any atom is 0.246 e. The van der Waals surface area contributed by atoms with Gasteiger partial charge in [0.1, 0.15) is 5.75 Å². The lowest BCUT2D eigenvalue weighted by atomic mass is 10.1. The van der Waals surface area contributed by atoms with Gasteiger partial charge in [-0.3, -0.25) is 4.79 Å². The Morgan fingerprint density at radius 3 is 2.21 bits per heavy atom. The first-order valence-electron chi connectivity index (χ1n) is 9.67. The molecule has 2 aromatic rings. The second-order valence-electron chi connectivity index (χ2n) is 6.83. The number of benzene rings is 2. The van der Waals surface area contributed by atoms with E-state index in [2.05, 4.69) is 0 Å². The predicted octanol–water partition coefficient (Wildman–Crippen LogP) is 3.02. The number of piperazine rings is 1. The van der Waals surface area contributed by atoms with Gasteiger partial charge in [0.15, 0.2) is 0 Å². The van der Waals surface area contributed by atoms with Crippen molar-refractivity contribution >= 4 is 21.5 Å². The van der Waals surface area contributed by atoms with E-state index in [1.54, 1.807) is 35.2 Å². The first-order valence-corrected chi connectivity index (χ1v) is 11.1. The van der Waals surface area contributed by atoms with Crippen molar-refractivity contribution in [1.82, 2.24) is 9.21 Å². The van der Waals surface area contributed by atoms with Crippen LogP contribution in [0.1, 0.15) is 19.4 Å². The highest BCUT2D eigenvalue weighted by atomic mass is 32.2. The number of ether oxygens (including phenoxy) is 1. The highest BCUT2D eigenvalue weighted by Gasteiger charge is 2.29. The molecule has 6 nitrogen and oxygen atoms in total. The van der Waals surface area contributed by atoms with E-state index >= 15 is 0 Å². The highest BCUT2D eigenvalue weighted by molar-refractivity contribution is 7.89. The van der Waals surface area contributed by atoms with Gasteiger partial charge in [-0.05, 0) is 49.2 Å². The summed E-state index contributed by atoms with van der Waals surface area (Å²) < 4.78 is 32.5. The zero-order valence-corrected chi connectivity index (χ0v) is 17.6. The van der Waals surface area contributed by atoms with E-state index < -0.39 is 10.0 Å². The van der Waals surface area contributed by atoms with Crippen molar-refractivity contribution in [2.24, 2.45) is 0 Å². The maximum absolute atomic E-state index is 12.9. The van der Waals surface area contributed by atoms with Gasteiger partial charge in [-0.25, -0.2) is 8.42 Å². The number of amides is 1. The van der Waals surface area contributed by atoms with E-state index in [0.717, 1.165) is 11.1 Å². The van der Waals surface area contributed by atoms with Crippen LogP contribution in [0.15, 0.2) is 65.6 Å². The van der Waals surface area contributed by atoms with Gasteiger partial charge < -0.3 is 9.64 Å². The molecule has 154 valence electrons. The standard InChI is InChI=1S/C22H26N2O4S/c1-3-28-20-9-11-21(12-10-20)29(26,27)24-15-13-23(14-16-24)22(25)17-18(2)19-7-5-4-6-8-19/h4-12,17H,3,13-16H2,1-2H3/b18-17+. The molecule has 0 radical (unpaired) electrons. The van der Waals surface area contributed by atoms with Gasteiger partial charge in [0.05, 0.1) is 11.5 Å². The van der Waals surface area contributed by atoms with E-state index in [9.17, 15) is 13.2 Å². The fourth-order valence-electron chi connectivity index (χ4n) is 3.23. The lowest BCUT2D eigenvalue weighted by Gasteiger charge is -2.33. The minimum Gasteiger partial charge on any atom is -0.494 e. The second kappa shape index (κ2) is 9.24. The van der Waals surface area contributed by atoms with E-state index in [1.165, 1.54) is 4.31 Å². The van der Waals surface area contributed by atoms with Crippen LogP contribution in [-0.2, 0) is 14.8 Å². The minimum absolute atomic E-state index is 0.0931. The summed E-state index contributed by atoms with van der Waals surface area (Å²) >= 11 is 0. The molecule has 1 aliphatic heterocycles. The van der Waals surface area contributed by atoms with Gasteiger partial charge >= 0.3 is 0 Å². The SMILES string of the molecule is CCOc1ccc(S(=O)(=O)N2CCN(C(=O)/C=C(\C)c3ccccc3)CC2)cc1. The molecule has 1 heterocycles. The average Bonchev–Trinajstić information content (AvgIpc) is 2.75. The molecule has 29 heavy (non-hydrogen) atoms. The number of hydrogen-bond acceptors (Lipinski definition) is 4. The molecule has 1 fully saturated rings. The highest BCUT2D eigenvalue weighted by Crippen LogP contribution is 2.21. The summed E-state index contributed by atoms with van der Waals surface area (Å²) in [5.41, 5.74) is 1.89. The molecule has 7 heteroatoms. The van der Waals surface area contributed by atoms with Gasteiger partial charge in [-0.1, -0.05) is 30.3 Å². The van der Waals surface area contributed by atoms with Crippen LogP contribution in [0, 0.1) is 0 Å². The van der Waals surface area contributed by atoms with E-state index in [1.807, 2.05) is 44.2 Å². The summed E-state index contributed by atoms with van der Waals surface area (Å²) in [6.45, 7) is 5.60. The van der Waals surface area contributed by atoms with Gasteiger partial charge in [0.2, 0.25) is 15.9 Å². The van der Waals surface area contributed by atoms with Gasteiger partial charge in [-0.15, -0.1) is 0 Å². The zero-order chi connectivity index (χ0) is 20.9. The Morgan fingerprint density at radius 2 is 1.62 bits per heavy atom. The van der Waals surface area contributed by atoms with Crippen LogP contribution in [0.2, 0.25) is 0 Å². The zero-order valence-electron chi connectivity index (χ0n) is 16.7. The van der Waals surface area contributed by atoms with E-state index in [4.69, 9.17) is 4.74 Å². The van der Waals surface area contributed by atoms with Gasteiger partial charge in [0.25, 0.3) is 0 Å². The van der Waals surface area contributed by atoms with Crippen LogP contribution in [0.25, 0.3) is 5.57 Å². The number of carbonyl (C=O) groups excluding carboxylic acids is 1. The summed E-state index contributed by atoms with van der Waals surface area (Å²) in [5, 5.41) is 0. The molecule has 0 spiro atoms. The van der Waals surface area contributed by atoms with Crippen LogP contribution in [0.4, 0.5) is 0 Å². The summed E-state index contributed by atoms with van der Waals surface area (Å²) in [6, 6.07) is 16.2. The molecular formula is C22H26N2O4S. The number of carbonyl (C=O) groups is 1. The molecule has 0 saturated carbocycles. The molecule has 0 aliphatic carbocycles. The van der Waals surface area contributed by atoms with Crippen LogP contribution < -0.4 is 4.74 Å². The van der Waals surface area contributed by atoms with Crippen LogP contribution in [-0.4, -0.2) is 56.3 Å². The summed E-state index contributed by atoms with van der Waals surface area (Å²) in [7, 11) is -3.58. The number of hydrogen-bond donors (Lipinski definition) is 0. The van der Waals surface area contributed by atoms with Crippen molar-refractivity contribution in [1.29, 1.82) is 0 Å².